The van der Waals surface area contributed by atoms with Gasteiger partial charge in [0.15, 0.2) is 0 Å². The van der Waals surface area contributed by atoms with Crippen molar-refractivity contribution in [1.29, 1.82) is 0 Å². The van der Waals surface area contributed by atoms with Gasteiger partial charge in [-0.05, 0) is 6.07 Å². The maximum Gasteiger partial charge on any atom is 0.0728 e. The first kappa shape index (κ1) is 8.90. The summed E-state index contributed by atoms with van der Waals surface area (Å²) in [6, 6.07) is 7.32. The first-order valence-corrected chi connectivity index (χ1v) is 3.80. The summed E-state index contributed by atoms with van der Waals surface area (Å²) < 4.78 is 0. The highest BCUT2D eigenvalue weighted by molar-refractivity contribution is 6.32. The van der Waals surface area contributed by atoms with Crippen LogP contribution in [0.15, 0.2) is 30.5 Å². The predicted molar refractivity (Wildman–Crippen MR) is 50.9 cm³/mol. The number of rotatable bonds is 2. The normalized spacial score (nSPS) is 11.3. The second-order valence-electron chi connectivity index (χ2n) is 2.20. The molecule has 5 N–H and O–H groups in total. The molecule has 0 aromatic heterocycles. The lowest BCUT2D eigenvalue weighted by Crippen LogP contribution is -2.21. The van der Waals surface area contributed by atoms with Crippen molar-refractivity contribution in [2.24, 2.45) is 11.6 Å². The first-order chi connectivity index (χ1) is 5.79. The zero-order valence-corrected chi connectivity index (χ0v) is 7.18. The van der Waals surface area contributed by atoms with Gasteiger partial charge in [-0.25, -0.2) is 0 Å². The van der Waals surface area contributed by atoms with E-state index < -0.39 is 0 Å². The van der Waals surface area contributed by atoms with E-state index in [9.17, 15) is 0 Å². The summed E-state index contributed by atoms with van der Waals surface area (Å²) in [4.78, 5) is 0. The van der Waals surface area contributed by atoms with Crippen molar-refractivity contribution >= 4 is 17.3 Å². The fourth-order valence-electron chi connectivity index (χ4n) is 0.895. The van der Waals surface area contributed by atoms with E-state index in [1.165, 1.54) is 6.20 Å². The maximum absolute atomic E-state index is 5.88. The van der Waals surface area contributed by atoms with Crippen LogP contribution in [0.4, 0.5) is 0 Å². The zero-order chi connectivity index (χ0) is 8.97. The van der Waals surface area contributed by atoms with E-state index in [-0.39, 0.29) is 0 Å². The van der Waals surface area contributed by atoms with Crippen LogP contribution in [0, 0.1) is 0 Å². The molecule has 0 atom stereocenters. The van der Waals surface area contributed by atoms with Crippen LogP contribution >= 0.6 is 11.6 Å². The summed E-state index contributed by atoms with van der Waals surface area (Å²) in [6.07, 6.45) is 1.38. The highest BCUT2D eigenvalue weighted by Gasteiger charge is 2.02. The molecule has 0 saturated heterocycles. The number of hydrogen-bond acceptors (Lipinski definition) is 3. The van der Waals surface area contributed by atoms with Crippen molar-refractivity contribution < 1.29 is 0 Å². The molecule has 12 heavy (non-hydrogen) atoms. The van der Waals surface area contributed by atoms with Crippen LogP contribution in [0.1, 0.15) is 5.56 Å². The third-order valence-electron chi connectivity index (χ3n) is 1.49. The molecule has 0 fully saturated rings. The average molecular weight is 184 g/mol. The minimum Gasteiger partial charge on any atom is -0.403 e. The van der Waals surface area contributed by atoms with Crippen molar-refractivity contribution in [2.75, 3.05) is 0 Å². The number of hydrogen-bond donors (Lipinski definition) is 3. The lowest BCUT2D eigenvalue weighted by molar-refractivity contribution is 0.988. The monoisotopic (exact) mass is 183 g/mol. The van der Waals surface area contributed by atoms with Gasteiger partial charge >= 0.3 is 0 Å². The van der Waals surface area contributed by atoms with Crippen LogP contribution in [0.5, 0.6) is 0 Å². The largest absolute Gasteiger partial charge is 0.403 e. The van der Waals surface area contributed by atoms with Crippen LogP contribution < -0.4 is 17.0 Å². The predicted octanol–water partition coefficient (Wildman–Crippen LogP) is 1.06. The van der Waals surface area contributed by atoms with Gasteiger partial charge in [0.1, 0.15) is 0 Å². The molecule has 4 heteroatoms. The second-order valence-corrected chi connectivity index (χ2v) is 2.61. The molecule has 0 unspecified atom stereocenters. The molecule has 0 aliphatic carbocycles. The van der Waals surface area contributed by atoms with E-state index in [0.717, 1.165) is 5.56 Å². The molecule has 0 saturated carbocycles. The Morgan fingerprint density at radius 3 is 2.58 bits per heavy atom. The molecule has 3 nitrogen and oxygen atoms in total. The molecule has 0 bridgehead atoms. The number of nitrogens with two attached hydrogens (primary N) is 2. The summed E-state index contributed by atoms with van der Waals surface area (Å²) >= 11 is 5.88. The SMILES string of the molecule is N/C=C(\NN)c1ccccc1Cl. The lowest BCUT2D eigenvalue weighted by atomic mass is 10.2. The fourth-order valence-corrected chi connectivity index (χ4v) is 1.13. The Labute approximate surface area is 76.0 Å². The van der Waals surface area contributed by atoms with Crippen molar-refractivity contribution in [3.63, 3.8) is 0 Å². The van der Waals surface area contributed by atoms with Gasteiger partial charge in [0.25, 0.3) is 0 Å². The number of nitrogens with one attached hydrogen (secondary N) is 1. The Kier molecular flexibility index (Phi) is 2.96. The Morgan fingerprint density at radius 1 is 1.42 bits per heavy atom. The maximum atomic E-state index is 5.88. The van der Waals surface area contributed by atoms with E-state index in [0.29, 0.717) is 10.7 Å². The van der Waals surface area contributed by atoms with Gasteiger partial charge in [0.2, 0.25) is 0 Å². The Balaban J connectivity index is 3.10. The molecule has 0 amide bonds. The van der Waals surface area contributed by atoms with Crippen molar-refractivity contribution in [3.8, 4) is 0 Å². The van der Waals surface area contributed by atoms with Gasteiger partial charge in [0, 0.05) is 16.8 Å². The topological polar surface area (TPSA) is 64.1 Å². The average Bonchev–Trinajstić information content (AvgIpc) is 2.10. The van der Waals surface area contributed by atoms with Gasteiger partial charge in [0.05, 0.1) is 5.70 Å². The van der Waals surface area contributed by atoms with Gasteiger partial charge in [-0.2, -0.15) is 0 Å². The number of benzene rings is 1. The van der Waals surface area contributed by atoms with Crippen LogP contribution in [0.2, 0.25) is 5.02 Å². The van der Waals surface area contributed by atoms with Gasteiger partial charge in [-0.1, -0.05) is 29.8 Å². The molecule has 0 spiro atoms. The summed E-state index contributed by atoms with van der Waals surface area (Å²) in [5.41, 5.74) is 9.19. The molecule has 0 heterocycles. The fraction of sp³-hybridized carbons (Fsp3) is 0. The van der Waals surface area contributed by atoms with Crippen LogP contribution in [-0.2, 0) is 0 Å². The molecule has 0 aliphatic rings. The van der Waals surface area contributed by atoms with Crippen molar-refractivity contribution in [3.05, 3.63) is 41.1 Å². The highest BCUT2D eigenvalue weighted by Crippen LogP contribution is 2.20. The quantitative estimate of drug-likeness (QED) is 0.475. The minimum absolute atomic E-state index is 0.612. The van der Waals surface area contributed by atoms with Gasteiger partial charge in [-0.15, -0.1) is 0 Å². The highest BCUT2D eigenvalue weighted by atomic mass is 35.5. The third kappa shape index (κ3) is 1.69. The van der Waals surface area contributed by atoms with Crippen molar-refractivity contribution in [2.45, 2.75) is 0 Å². The van der Waals surface area contributed by atoms with Gasteiger partial charge < -0.3 is 11.2 Å². The Bertz CT molecular complexity index is 296. The van der Waals surface area contributed by atoms with E-state index in [4.69, 9.17) is 23.2 Å². The molecule has 0 radical (unpaired) electrons. The standard InChI is InChI=1S/C8H10ClN3/c9-7-4-2-1-3-6(7)8(5-10)12-11/h1-5,12H,10-11H2/b8-5-. The first-order valence-electron chi connectivity index (χ1n) is 3.43. The molecule has 64 valence electrons. The Morgan fingerprint density at radius 2 is 2.08 bits per heavy atom. The van der Waals surface area contributed by atoms with E-state index in [2.05, 4.69) is 5.43 Å². The van der Waals surface area contributed by atoms with Crippen molar-refractivity contribution in [1.82, 2.24) is 5.43 Å². The zero-order valence-electron chi connectivity index (χ0n) is 6.42. The molecule has 1 aromatic rings. The minimum atomic E-state index is 0.612. The summed E-state index contributed by atoms with van der Waals surface area (Å²) in [5, 5.41) is 0.618. The molecule has 1 aromatic carbocycles. The lowest BCUT2D eigenvalue weighted by Gasteiger charge is -2.06. The summed E-state index contributed by atoms with van der Waals surface area (Å²) in [7, 11) is 0. The molecule has 1 rings (SSSR count). The smallest absolute Gasteiger partial charge is 0.0728 e. The summed E-state index contributed by atoms with van der Waals surface area (Å²) in [6.45, 7) is 0. The van der Waals surface area contributed by atoms with E-state index in [1.54, 1.807) is 6.07 Å². The Hall–Kier alpha value is -1.19. The summed E-state index contributed by atoms with van der Waals surface area (Å²) in [5.74, 6) is 5.23. The molecular weight excluding hydrogens is 174 g/mol. The van der Waals surface area contributed by atoms with Crippen LogP contribution in [0.25, 0.3) is 5.70 Å². The second kappa shape index (κ2) is 3.99. The van der Waals surface area contributed by atoms with Crippen LogP contribution in [0.3, 0.4) is 0 Å². The molecular formula is C8H10ClN3. The third-order valence-corrected chi connectivity index (χ3v) is 1.82. The number of halogens is 1. The number of hydrazine groups is 1. The van der Waals surface area contributed by atoms with E-state index >= 15 is 0 Å². The van der Waals surface area contributed by atoms with E-state index in [1.807, 2.05) is 18.2 Å². The molecule has 0 aliphatic heterocycles. The van der Waals surface area contributed by atoms with Crippen LogP contribution in [-0.4, -0.2) is 0 Å². The van der Waals surface area contributed by atoms with Gasteiger partial charge in [-0.3, -0.25) is 5.84 Å².